The molecule has 4 aromatic carbocycles. The van der Waals surface area contributed by atoms with Crippen molar-refractivity contribution in [3.8, 4) is 22.3 Å². The Morgan fingerprint density at radius 1 is 0.435 bits per heavy atom. The van der Waals surface area contributed by atoms with Crippen molar-refractivity contribution in [1.82, 2.24) is 0 Å². The van der Waals surface area contributed by atoms with Crippen LogP contribution in [0.25, 0.3) is 55.0 Å². The third kappa shape index (κ3) is 8.06. The minimum absolute atomic E-state index is 0.0147. The van der Waals surface area contributed by atoms with Gasteiger partial charge in [-0.2, -0.15) is 39.5 Å². The molecule has 2 heterocycles. The van der Waals surface area contributed by atoms with Crippen molar-refractivity contribution in [1.29, 1.82) is 0 Å². The third-order valence-electron chi connectivity index (χ3n) is 9.81. The molecule has 3 atom stereocenters. The molecule has 0 saturated carbocycles. The van der Waals surface area contributed by atoms with E-state index in [2.05, 4.69) is 0 Å². The molecule has 0 fully saturated rings. The number of hydrogen-bond acceptors (Lipinski definition) is 2. The van der Waals surface area contributed by atoms with Crippen molar-refractivity contribution in [2.75, 3.05) is 0 Å². The Kier molecular flexibility index (Phi) is 13.8. The molecule has 0 aliphatic heterocycles. The first-order chi connectivity index (χ1) is 28.1. The van der Waals surface area contributed by atoms with Crippen molar-refractivity contribution in [2.45, 2.75) is 58.6 Å². The van der Waals surface area contributed by atoms with Gasteiger partial charge in [0.1, 0.15) is 11.3 Å². The van der Waals surface area contributed by atoms with Crippen LogP contribution in [0.2, 0.25) is 0 Å². The normalized spacial score (nSPS) is 17.0. The molecule has 62 heavy (non-hydrogen) atoms. The molecule has 332 valence electrons. The zero-order valence-electron chi connectivity index (χ0n) is 29.8. The molecule has 0 aliphatic rings. The van der Waals surface area contributed by atoms with E-state index in [1.54, 1.807) is 6.07 Å². The summed E-state index contributed by atoms with van der Waals surface area (Å²) in [6, 6.07) is 19.8. The Morgan fingerprint density at radius 2 is 0.823 bits per heavy atom. The van der Waals surface area contributed by atoms with Gasteiger partial charge in [0.25, 0.3) is 0 Å². The van der Waals surface area contributed by atoms with Gasteiger partial charge in [0.2, 0.25) is 0 Å². The van der Waals surface area contributed by atoms with Crippen LogP contribution in [0.4, 0.5) is 70.2 Å². The number of benzene rings is 4. The van der Waals surface area contributed by atoms with Gasteiger partial charge in [0.05, 0.1) is 0 Å². The van der Waals surface area contributed by atoms with E-state index in [9.17, 15) is 35.1 Å². The summed E-state index contributed by atoms with van der Waals surface area (Å²) in [5.41, 5.74) is -0.285. The smallest absolute Gasteiger partial charge is 0.0622 e. The molecular weight excluding hydrogens is 1630 g/mol. The zero-order valence-corrected chi connectivity index (χ0v) is 45.1. The second-order valence-corrected chi connectivity index (χ2v) is 31.8. The minimum Gasteiger partial charge on any atom is -0.0622 e. The van der Waals surface area contributed by atoms with Crippen molar-refractivity contribution in [3.05, 3.63) is 96.4 Å². The number of fused-ring (bicyclic) bond motifs is 5. The quantitative estimate of drug-likeness (QED) is 0.0499. The summed E-state index contributed by atoms with van der Waals surface area (Å²) in [5, 5.41) is 0.310. The molecule has 0 bridgehead atoms. The summed E-state index contributed by atoms with van der Waals surface area (Å²) in [6.07, 6.45) is -10.3. The second-order valence-electron chi connectivity index (χ2n) is 13.8. The predicted molar refractivity (Wildman–Crippen MR) is 243 cm³/mol. The summed E-state index contributed by atoms with van der Waals surface area (Å²) >= 11 is 0.869. The predicted octanol–water partition coefficient (Wildman–Crippen LogP) is 16.5. The van der Waals surface area contributed by atoms with Gasteiger partial charge in [0.15, 0.2) is 1.43 Å². The summed E-state index contributed by atoms with van der Waals surface area (Å²) < 4.78 is 232. The Labute approximate surface area is 422 Å². The van der Waals surface area contributed by atoms with Gasteiger partial charge < -0.3 is 4.42 Å². The summed E-state index contributed by atoms with van der Waals surface area (Å²) in [6.45, 7) is 0. The number of halogens is 21. The van der Waals surface area contributed by atoms with Gasteiger partial charge in [-0.25, -0.2) is 0 Å². The van der Waals surface area contributed by atoms with Gasteiger partial charge in [-0.15, -0.1) is 0 Å². The maximum absolute atomic E-state index is 16.2. The Hall–Kier alpha value is -0.328. The molecular formula is C38H18F16I5O2Tl. The van der Waals surface area contributed by atoms with Crippen LogP contribution in [0.15, 0.2) is 93.8 Å². The van der Waals surface area contributed by atoms with E-state index in [4.69, 9.17) is 8.83 Å². The topological polar surface area (TPSA) is 26.3 Å². The first-order valence-electron chi connectivity index (χ1n) is 16.9. The molecule has 3 unspecified atom stereocenters. The minimum atomic E-state index is -7.17. The van der Waals surface area contributed by atoms with Crippen molar-refractivity contribution < 1.29 is 79.1 Å². The van der Waals surface area contributed by atoms with Gasteiger partial charge in [-0.05, 0) is 5.56 Å². The van der Waals surface area contributed by atoms with E-state index in [0.717, 1.165) is 0 Å². The van der Waals surface area contributed by atoms with Crippen LogP contribution < -0.4 is 0 Å². The van der Waals surface area contributed by atoms with Crippen LogP contribution >= 0.6 is 113 Å². The fourth-order valence-corrected chi connectivity index (χ4v) is 12.1. The van der Waals surface area contributed by atoms with E-state index >= 15 is 35.1 Å². The molecule has 2 nitrogen and oxygen atoms in total. The van der Waals surface area contributed by atoms with Crippen molar-refractivity contribution in [3.63, 3.8) is 0 Å². The van der Waals surface area contributed by atoms with Gasteiger partial charge >= 0.3 is 278 Å². The van der Waals surface area contributed by atoms with Crippen molar-refractivity contribution in [2.24, 2.45) is 0 Å². The molecule has 0 amide bonds. The molecule has 2 aromatic heterocycles. The Morgan fingerprint density at radius 3 is 1.19 bits per heavy atom. The maximum atomic E-state index is 16.2. The van der Waals surface area contributed by atoms with Crippen LogP contribution in [-0.4, -0.2) is 71.6 Å². The summed E-state index contributed by atoms with van der Waals surface area (Å²) in [7, 11) is 0. The number of hydrogen-bond donors (Lipinski definition) is 0. The van der Waals surface area contributed by atoms with Gasteiger partial charge in [-0.1, -0.05) is 75.5 Å². The second kappa shape index (κ2) is 16.7. The molecule has 0 saturated heterocycles. The monoisotopic (exact) mass is 1650 g/mol. The fraction of sp³-hybridized carbons (Fsp3) is 0.316. The van der Waals surface area contributed by atoms with E-state index < -0.39 is 95.9 Å². The average molecular weight is 1650 g/mol. The van der Waals surface area contributed by atoms with Crippen LogP contribution in [-0.2, 0) is 12.8 Å². The summed E-state index contributed by atoms with van der Waals surface area (Å²) in [4.78, 5) is 0. The number of furan rings is 2. The van der Waals surface area contributed by atoms with E-state index in [1.165, 1.54) is 78.9 Å². The average Bonchev–Trinajstić information content (AvgIpc) is 3.71. The van der Waals surface area contributed by atoms with Crippen LogP contribution in [0.1, 0.15) is 11.5 Å². The summed E-state index contributed by atoms with van der Waals surface area (Å²) in [5.74, 6) is -31.8. The molecule has 0 N–H and O–H groups in total. The fourth-order valence-electron chi connectivity index (χ4n) is 6.63. The SMILES string of the molecule is FC(F)(F)C(F)(F)C(F)(F)C(F)(F)C(I)(I)Cc1oc2ccc3c(ccc4oc(CC(F)(F)C(F)(I)C(F)(I)C(F)(F)[C](F)(I)[Tl])c(-c5ccccc5)c43)c2c1-c1ccccc1. The molecule has 0 radical (unpaired) electrons. The molecule has 24 heteroatoms. The first kappa shape index (κ1) is 51.1. The number of rotatable bonds is 13. The zero-order chi connectivity index (χ0) is 46.7. The molecule has 0 spiro atoms. The van der Waals surface area contributed by atoms with E-state index in [-0.39, 0.29) is 100 Å². The van der Waals surface area contributed by atoms with E-state index in [0.29, 0.717) is 67.8 Å². The molecule has 6 aromatic rings. The van der Waals surface area contributed by atoms with Gasteiger partial charge in [-0.3, -0.25) is 0 Å². The number of alkyl halides is 21. The Bertz CT molecular complexity index is 2460. The van der Waals surface area contributed by atoms with Gasteiger partial charge in [0, 0.05) is 12.0 Å². The van der Waals surface area contributed by atoms with Crippen LogP contribution in [0.5, 0.6) is 0 Å². The molecule has 6 rings (SSSR count). The van der Waals surface area contributed by atoms with Crippen LogP contribution in [0, 0.1) is 0 Å². The van der Waals surface area contributed by atoms with E-state index in [1.807, 2.05) is 0 Å². The Balaban J connectivity index is 1.60. The molecule has 0 aliphatic carbocycles. The third-order valence-corrected chi connectivity index (χ3v) is 18.0. The first-order valence-corrected chi connectivity index (χ1v) is 24.5. The standard InChI is InChI=1S/C38H18F16I5O2.Tl/c39-29(55)32(42,43)37(51,59)36(50,58)30(40,41)15-23-25(17-7-3-1-4-8-17)27-19-12-14-22-28(20(19)11-13-21(27)60-23)26(18-9-5-2-6-10-18)24(61-22)16-31(56,57)33(44,45)34(46,47)35(48,49)38(52,53)54;/h1-14H,15-16H2;. The van der Waals surface area contributed by atoms with Crippen molar-refractivity contribution >= 4 is 171 Å². The van der Waals surface area contributed by atoms with Crippen LogP contribution in [0.3, 0.4) is 0 Å².